The third kappa shape index (κ3) is 4.81. The molecule has 0 aliphatic carbocycles. The second-order valence-electron chi connectivity index (χ2n) is 5.15. The highest BCUT2D eigenvalue weighted by molar-refractivity contribution is 5.68. The maximum absolute atomic E-state index is 11.5. The first kappa shape index (κ1) is 13.3. The van der Waals surface area contributed by atoms with Gasteiger partial charge in [0.15, 0.2) is 0 Å². The van der Waals surface area contributed by atoms with Crippen molar-refractivity contribution in [3.63, 3.8) is 0 Å². The van der Waals surface area contributed by atoms with Crippen LogP contribution in [-0.2, 0) is 4.74 Å². The molecule has 1 heterocycles. The molecule has 16 heavy (non-hydrogen) atoms. The molecule has 0 bridgehead atoms. The standard InChI is InChI=1S/C11H22N2O3/c1-11(2,3)16-10(15)13-8-4-6-12-7-5-9(8)14/h8-9,12,14H,4-7H2,1-3H3,(H,13,15)/t8-,9-/m1/s1. The van der Waals surface area contributed by atoms with Gasteiger partial charge in [0.2, 0.25) is 0 Å². The van der Waals surface area contributed by atoms with Gasteiger partial charge in [0.05, 0.1) is 12.1 Å². The van der Waals surface area contributed by atoms with Crippen LogP contribution in [0.25, 0.3) is 0 Å². The van der Waals surface area contributed by atoms with E-state index in [1.807, 2.05) is 20.8 Å². The zero-order chi connectivity index (χ0) is 12.2. The summed E-state index contributed by atoms with van der Waals surface area (Å²) in [5, 5.41) is 15.7. The number of aliphatic hydroxyl groups is 1. The summed E-state index contributed by atoms with van der Waals surface area (Å²) in [6.45, 7) is 7.04. The van der Waals surface area contributed by atoms with E-state index >= 15 is 0 Å². The van der Waals surface area contributed by atoms with Crippen LogP contribution in [0.4, 0.5) is 4.79 Å². The lowest BCUT2D eigenvalue weighted by Crippen LogP contribution is -2.45. The third-order valence-electron chi connectivity index (χ3n) is 2.42. The largest absolute Gasteiger partial charge is 0.444 e. The van der Waals surface area contributed by atoms with E-state index in [0.717, 1.165) is 19.5 Å². The molecule has 1 aliphatic heterocycles. The van der Waals surface area contributed by atoms with Crippen molar-refractivity contribution in [2.45, 2.75) is 51.4 Å². The number of carbonyl (C=O) groups is 1. The molecule has 1 aliphatic rings. The first-order valence-electron chi connectivity index (χ1n) is 5.77. The molecule has 0 saturated carbocycles. The molecule has 0 spiro atoms. The molecule has 0 radical (unpaired) electrons. The van der Waals surface area contributed by atoms with E-state index in [1.165, 1.54) is 0 Å². The number of ether oxygens (including phenoxy) is 1. The molecule has 3 N–H and O–H groups in total. The van der Waals surface area contributed by atoms with Crippen LogP contribution in [0, 0.1) is 0 Å². The van der Waals surface area contributed by atoms with Crippen LogP contribution in [0.2, 0.25) is 0 Å². The Morgan fingerprint density at radius 3 is 2.62 bits per heavy atom. The van der Waals surface area contributed by atoms with Gasteiger partial charge in [-0.05, 0) is 46.7 Å². The van der Waals surface area contributed by atoms with Gasteiger partial charge in [-0.15, -0.1) is 0 Å². The average Bonchev–Trinajstić information content (AvgIpc) is 2.29. The van der Waals surface area contributed by atoms with Crippen LogP contribution in [0.3, 0.4) is 0 Å². The predicted octanol–water partition coefficient (Wildman–Crippen LogP) is 0.624. The average molecular weight is 230 g/mol. The fourth-order valence-electron chi connectivity index (χ4n) is 1.65. The van der Waals surface area contributed by atoms with Crippen LogP contribution in [0.15, 0.2) is 0 Å². The highest BCUT2D eigenvalue weighted by atomic mass is 16.6. The van der Waals surface area contributed by atoms with E-state index in [9.17, 15) is 9.90 Å². The summed E-state index contributed by atoms with van der Waals surface area (Å²) in [7, 11) is 0. The molecule has 0 unspecified atom stereocenters. The quantitative estimate of drug-likeness (QED) is 0.617. The van der Waals surface area contributed by atoms with Crippen LogP contribution in [0.5, 0.6) is 0 Å². The molecule has 94 valence electrons. The Morgan fingerprint density at radius 1 is 1.38 bits per heavy atom. The first-order valence-corrected chi connectivity index (χ1v) is 5.77. The topological polar surface area (TPSA) is 70.6 Å². The Kier molecular flexibility index (Phi) is 4.56. The molecule has 2 atom stereocenters. The number of aliphatic hydroxyl groups excluding tert-OH is 1. The van der Waals surface area contributed by atoms with Crippen LogP contribution < -0.4 is 10.6 Å². The van der Waals surface area contributed by atoms with Crippen LogP contribution >= 0.6 is 0 Å². The Bertz CT molecular complexity index is 238. The van der Waals surface area contributed by atoms with Gasteiger partial charge in [0.1, 0.15) is 5.60 Å². The van der Waals surface area contributed by atoms with Crippen molar-refractivity contribution in [2.24, 2.45) is 0 Å². The Labute approximate surface area is 96.6 Å². The molecule has 0 aromatic heterocycles. The van der Waals surface area contributed by atoms with Gasteiger partial charge in [-0.2, -0.15) is 0 Å². The number of alkyl carbamates (subject to hydrolysis) is 1. The van der Waals surface area contributed by atoms with Crippen molar-refractivity contribution in [1.29, 1.82) is 0 Å². The van der Waals surface area contributed by atoms with E-state index in [-0.39, 0.29) is 6.04 Å². The maximum atomic E-state index is 11.5. The van der Waals surface area contributed by atoms with Crippen molar-refractivity contribution in [3.05, 3.63) is 0 Å². The minimum atomic E-state index is -0.502. The number of nitrogens with one attached hydrogen (secondary N) is 2. The molecular weight excluding hydrogens is 208 g/mol. The summed E-state index contributed by atoms with van der Waals surface area (Å²) >= 11 is 0. The highest BCUT2D eigenvalue weighted by Gasteiger charge is 2.25. The van der Waals surface area contributed by atoms with Gasteiger partial charge in [-0.3, -0.25) is 0 Å². The SMILES string of the molecule is CC(C)(C)OC(=O)N[C@@H]1CCNCC[C@H]1O. The molecule has 0 aromatic carbocycles. The van der Waals surface area contributed by atoms with Gasteiger partial charge in [0, 0.05) is 0 Å². The van der Waals surface area contributed by atoms with Crippen molar-refractivity contribution in [3.8, 4) is 0 Å². The van der Waals surface area contributed by atoms with E-state index in [4.69, 9.17) is 4.74 Å². The predicted molar refractivity (Wildman–Crippen MR) is 61.3 cm³/mol. The van der Waals surface area contributed by atoms with E-state index in [2.05, 4.69) is 10.6 Å². The molecule has 1 amide bonds. The fraction of sp³-hybridized carbons (Fsp3) is 0.909. The fourth-order valence-corrected chi connectivity index (χ4v) is 1.65. The number of carbonyl (C=O) groups excluding carboxylic acids is 1. The third-order valence-corrected chi connectivity index (χ3v) is 2.42. The lowest BCUT2D eigenvalue weighted by atomic mass is 10.1. The first-order chi connectivity index (χ1) is 7.38. The Balaban J connectivity index is 2.42. The van der Waals surface area contributed by atoms with Crippen LogP contribution in [0.1, 0.15) is 33.6 Å². The zero-order valence-corrected chi connectivity index (χ0v) is 10.2. The summed E-state index contributed by atoms with van der Waals surface area (Å²) in [6, 6.07) is -0.218. The maximum Gasteiger partial charge on any atom is 0.407 e. The number of hydrogen-bond donors (Lipinski definition) is 3. The van der Waals surface area contributed by atoms with Crippen molar-refractivity contribution < 1.29 is 14.6 Å². The molecule has 0 aromatic rings. The highest BCUT2D eigenvalue weighted by Crippen LogP contribution is 2.10. The summed E-state index contributed by atoms with van der Waals surface area (Å²) < 4.78 is 5.15. The van der Waals surface area contributed by atoms with Crippen molar-refractivity contribution in [1.82, 2.24) is 10.6 Å². The van der Waals surface area contributed by atoms with E-state index < -0.39 is 17.8 Å². The number of hydrogen-bond acceptors (Lipinski definition) is 4. The monoisotopic (exact) mass is 230 g/mol. The zero-order valence-electron chi connectivity index (χ0n) is 10.2. The Hall–Kier alpha value is -0.810. The van der Waals surface area contributed by atoms with Gasteiger partial charge in [-0.25, -0.2) is 4.79 Å². The smallest absolute Gasteiger partial charge is 0.407 e. The van der Waals surface area contributed by atoms with Crippen molar-refractivity contribution in [2.75, 3.05) is 13.1 Å². The molecule has 1 fully saturated rings. The molecule has 5 heteroatoms. The second-order valence-corrected chi connectivity index (χ2v) is 5.15. The summed E-state index contributed by atoms with van der Waals surface area (Å²) in [4.78, 5) is 11.5. The van der Waals surface area contributed by atoms with Crippen molar-refractivity contribution >= 4 is 6.09 Å². The number of rotatable bonds is 1. The summed E-state index contributed by atoms with van der Waals surface area (Å²) in [6.07, 6.45) is 0.418. The van der Waals surface area contributed by atoms with Gasteiger partial charge in [0.25, 0.3) is 0 Å². The second kappa shape index (κ2) is 5.50. The van der Waals surface area contributed by atoms with Gasteiger partial charge in [-0.1, -0.05) is 0 Å². The lowest BCUT2D eigenvalue weighted by Gasteiger charge is -2.25. The number of amides is 1. The van der Waals surface area contributed by atoms with Gasteiger partial charge < -0.3 is 20.5 Å². The minimum absolute atomic E-state index is 0.218. The summed E-state index contributed by atoms with van der Waals surface area (Å²) in [5.41, 5.74) is -0.502. The minimum Gasteiger partial charge on any atom is -0.444 e. The van der Waals surface area contributed by atoms with Gasteiger partial charge >= 0.3 is 6.09 Å². The molecular formula is C11H22N2O3. The normalized spacial score (nSPS) is 27.0. The van der Waals surface area contributed by atoms with E-state index in [0.29, 0.717) is 6.42 Å². The van der Waals surface area contributed by atoms with E-state index in [1.54, 1.807) is 0 Å². The summed E-state index contributed by atoms with van der Waals surface area (Å²) in [5.74, 6) is 0. The Morgan fingerprint density at radius 2 is 2.00 bits per heavy atom. The molecule has 1 saturated heterocycles. The lowest BCUT2D eigenvalue weighted by molar-refractivity contribution is 0.0419. The molecule has 5 nitrogen and oxygen atoms in total. The van der Waals surface area contributed by atoms with Crippen LogP contribution in [-0.4, -0.2) is 42.0 Å². The molecule has 1 rings (SSSR count).